The molecule has 2 fully saturated rings. The third-order valence-electron chi connectivity index (χ3n) is 4.61. The largest absolute Gasteiger partial charge is 0.314 e. The second kappa shape index (κ2) is 5.25. The zero-order valence-electron chi connectivity index (χ0n) is 11.3. The van der Waals surface area contributed by atoms with E-state index in [1.807, 2.05) is 12.1 Å². The van der Waals surface area contributed by atoms with Gasteiger partial charge in [-0.25, -0.2) is 0 Å². The van der Waals surface area contributed by atoms with E-state index in [4.69, 9.17) is 23.2 Å². The van der Waals surface area contributed by atoms with Crippen LogP contribution in [0.25, 0.3) is 0 Å². The van der Waals surface area contributed by atoms with Gasteiger partial charge in [0.2, 0.25) is 0 Å². The highest BCUT2D eigenvalue weighted by Gasteiger charge is 2.46. The Bertz CT molecular complexity index is 473. The summed E-state index contributed by atoms with van der Waals surface area (Å²) >= 11 is 12.4. The second-order valence-corrected chi connectivity index (χ2v) is 6.73. The summed E-state index contributed by atoms with van der Waals surface area (Å²) in [5.41, 5.74) is 1.41. The summed E-state index contributed by atoms with van der Waals surface area (Å²) in [6.07, 6.45) is 2.72. The van der Waals surface area contributed by atoms with Gasteiger partial charge in [0.05, 0.1) is 10.0 Å². The van der Waals surface area contributed by atoms with Crippen molar-refractivity contribution >= 4 is 23.2 Å². The highest BCUT2D eigenvalue weighted by Crippen LogP contribution is 2.44. The maximum Gasteiger partial charge on any atom is 0.0637 e. The van der Waals surface area contributed by atoms with Crippen molar-refractivity contribution in [3.8, 4) is 0 Å². The van der Waals surface area contributed by atoms with Gasteiger partial charge in [0.1, 0.15) is 0 Å². The summed E-state index contributed by atoms with van der Waals surface area (Å²) in [5, 5.41) is 4.90. The fraction of sp³-hybridized carbons (Fsp3) is 0.600. The molecule has 1 aromatic carbocycles. The maximum atomic E-state index is 6.33. The van der Waals surface area contributed by atoms with Crippen LogP contribution in [0.5, 0.6) is 0 Å². The molecule has 104 valence electrons. The summed E-state index contributed by atoms with van der Waals surface area (Å²) in [6, 6.07) is 5.93. The molecule has 1 heterocycles. The minimum Gasteiger partial charge on any atom is -0.314 e. The molecule has 0 radical (unpaired) electrons. The van der Waals surface area contributed by atoms with Crippen LogP contribution >= 0.6 is 23.2 Å². The molecule has 1 aromatic rings. The lowest BCUT2D eigenvalue weighted by molar-refractivity contribution is 0.0485. The average Bonchev–Trinajstić information content (AvgIpc) is 3.22. The van der Waals surface area contributed by atoms with Gasteiger partial charge < -0.3 is 5.32 Å². The molecular formula is C15H20Cl2N2. The molecule has 1 atom stereocenters. The fourth-order valence-electron chi connectivity index (χ4n) is 3.17. The molecule has 1 unspecified atom stereocenters. The highest BCUT2D eigenvalue weighted by atomic mass is 35.5. The molecule has 3 rings (SSSR count). The van der Waals surface area contributed by atoms with Crippen molar-refractivity contribution in [1.82, 2.24) is 10.2 Å². The molecule has 1 saturated heterocycles. The molecule has 19 heavy (non-hydrogen) atoms. The van der Waals surface area contributed by atoms with E-state index in [0.717, 1.165) is 37.7 Å². The molecule has 1 aliphatic carbocycles. The first-order chi connectivity index (χ1) is 9.11. The van der Waals surface area contributed by atoms with Crippen LogP contribution in [0, 0.1) is 5.92 Å². The lowest BCUT2D eigenvalue weighted by atomic mass is 9.90. The van der Waals surface area contributed by atoms with Crippen molar-refractivity contribution in [3.63, 3.8) is 0 Å². The minimum absolute atomic E-state index is 0.268. The standard InChI is InChI=1S/C15H20Cl2N2/c1-15(12-5-6-12)10-18-7-8-19(15)9-11-3-2-4-13(16)14(11)17/h2-4,12,18H,5-10H2,1H3. The number of nitrogens with zero attached hydrogens (tertiary/aromatic N) is 1. The zero-order chi connectivity index (χ0) is 13.5. The number of nitrogens with one attached hydrogen (secondary N) is 1. The van der Waals surface area contributed by atoms with E-state index in [-0.39, 0.29) is 5.54 Å². The molecule has 1 saturated carbocycles. The molecule has 4 heteroatoms. The van der Waals surface area contributed by atoms with Crippen molar-refractivity contribution in [2.75, 3.05) is 19.6 Å². The lowest BCUT2D eigenvalue weighted by Crippen LogP contribution is -2.60. The Labute approximate surface area is 125 Å². The van der Waals surface area contributed by atoms with Gasteiger partial charge in [-0.3, -0.25) is 4.90 Å². The van der Waals surface area contributed by atoms with Gasteiger partial charge >= 0.3 is 0 Å². The van der Waals surface area contributed by atoms with Crippen LogP contribution in [-0.2, 0) is 6.54 Å². The number of piperazine rings is 1. The third-order valence-corrected chi connectivity index (χ3v) is 5.47. The summed E-state index contributed by atoms with van der Waals surface area (Å²) in [7, 11) is 0. The van der Waals surface area contributed by atoms with Gasteiger partial charge in [0.25, 0.3) is 0 Å². The van der Waals surface area contributed by atoms with Crippen LogP contribution in [0.2, 0.25) is 10.0 Å². The second-order valence-electron chi connectivity index (χ2n) is 5.94. The molecule has 0 amide bonds. The topological polar surface area (TPSA) is 15.3 Å². The van der Waals surface area contributed by atoms with E-state index in [1.54, 1.807) is 0 Å². The number of benzene rings is 1. The van der Waals surface area contributed by atoms with Crippen molar-refractivity contribution in [2.24, 2.45) is 5.92 Å². The molecule has 0 bridgehead atoms. The van der Waals surface area contributed by atoms with Crippen LogP contribution in [0.3, 0.4) is 0 Å². The molecule has 2 aliphatic rings. The minimum atomic E-state index is 0.268. The van der Waals surface area contributed by atoms with Crippen LogP contribution in [-0.4, -0.2) is 30.1 Å². The van der Waals surface area contributed by atoms with E-state index >= 15 is 0 Å². The highest BCUT2D eigenvalue weighted by molar-refractivity contribution is 6.42. The normalized spacial score (nSPS) is 28.6. The summed E-state index contributed by atoms with van der Waals surface area (Å²) in [6.45, 7) is 6.50. The smallest absolute Gasteiger partial charge is 0.0637 e. The van der Waals surface area contributed by atoms with Crippen molar-refractivity contribution < 1.29 is 0 Å². The SMILES string of the molecule is CC1(C2CC2)CNCCN1Cc1cccc(Cl)c1Cl. The van der Waals surface area contributed by atoms with E-state index in [9.17, 15) is 0 Å². The molecule has 0 aromatic heterocycles. The molecular weight excluding hydrogens is 279 g/mol. The molecule has 2 nitrogen and oxygen atoms in total. The van der Waals surface area contributed by atoms with Gasteiger partial charge in [-0.2, -0.15) is 0 Å². The van der Waals surface area contributed by atoms with Crippen molar-refractivity contribution in [1.29, 1.82) is 0 Å². The Morgan fingerprint density at radius 3 is 2.89 bits per heavy atom. The summed E-state index contributed by atoms with van der Waals surface area (Å²) in [5.74, 6) is 0.832. The zero-order valence-corrected chi connectivity index (χ0v) is 12.8. The Balaban J connectivity index is 1.82. The quantitative estimate of drug-likeness (QED) is 0.918. The van der Waals surface area contributed by atoms with Crippen LogP contribution in [0.1, 0.15) is 25.3 Å². The number of hydrogen-bond acceptors (Lipinski definition) is 2. The third kappa shape index (κ3) is 2.64. The Kier molecular flexibility index (Phi) is 3.78. The van der Waals surface area contributed by atoms with Crippen LogP contribution in [0.4, 0.5) is 0 Å². The van der Waals surface area contributed by atoms with Gasteiger partial charge in [-0.05, 0) is 37.3 Å². The predicted molar refractivity (Wildman–Crippen MR) is 80.9 cm³/mol. The number of hydrogen-bond donors (Lipinski definition) is 1. The van der Waals surface area contributed by atoms with Crippen LogP contribution in [0.15, 0.2) is 18.2 Å². The van der Waals surface area contributed by atoms with E-state index in [2.05, 4.69) is 23.2 Å². The predicted octanol–water partition coefficient (Wildman–Crippen LogP) is 3.57. The first-order valence-electron chi connectivity index (χ1n) is 7.00. The summed E-state index contributed by atoms with van der Waals surface area (Å²) in [4.78, 5) is 2.58. The Morgan fingerprint density at radius 1 is 1.37 bits per heavy atom. The first-order valence-corrected chi connectivity index (χ1v) is 7.75. The monoisotopic (exact) mass is 298 g/mol. The Morgan fingerprint density at radius 2 is 2.16 bits per heavy atom. The van der Waals surface area contributed by atoms with Crippen molar-refractivity contribution in [2.45, 2.75) is 31.8 Å². The van der Waals surface area contributed by atoms with Gasteiger partial charge in [0.15, 0.2) is 0 Å². The molecule has 1 N–H and O–H groups in total. The van der Waals surface area contributed by atoms with E-state index in [0.29, 0.717) is 10.0 Å². The average molecular weight is 299 g/mol. The molecule has 0 spiro atoms. The van der Waals surface area contributed by atoms with Crippen molar-refractivity contribution in [3.05, 3.63) is 33.8 Å². The van der Waals surface area contributed by atoms with E-state index in [1.165, 1.54) is 12.8 Å². The number of halogens is 2. The lowest BCUT2D eigenvalue weighted by Gasteiger charge is -2.46. The fourth-order valence-corrected chi connectivity index (χ4v) is 3.55. The summed E-state index contributed by atoms with van der Waals surface area (Å²) < 4.78 is 0. The maximum absolute atomic E-state index is 6.33. The van der Waals surface area contributed by atoms with Gasteiger partial charge in [-0.15, -0.1) is 0 Å². The first kappa shape index (κ1) is 13.7. The molecule has 1 aliphatic heterocycles. The number of rotatable bonds is 3. The van der Waals surface area contributed by atoms with Gasteiger partial charge in [-0.1, -0.05) is 35.3 Å². The van der Waals surface area contributed by atoms with E-state index < -0.39 is 0 Å². The van der Waals surface area contributed by atoms with Crippen LogP contribution < -0.4 is 5.32 Å². The Hall–Kier alpha value is -0.280. The van der Waals surface area contributed by atoms with Gasteiger partial charge in [0, 0.05) is 31.7 Å².